The van der Waals surface area contributed by atoms with E-state index in [0.717, 1.165) is 23.3 Å². The van der Waals surface area contributed by atoms with E-state index >= 15 is 0 Å². The van der Waals surface area contributed by atoms with Gasteiger partial charge in [0.15, 0.2) is 0 Å². The summed E-state index contributed by atoms with van der Waals surface area (Å²) in [6.45, 7) is 1.77. The summed E-state index contributed by atoms with van der Waals surface area (Å²) in [5, 5.41) is 1.94. The summed E-state index contributed by atoms with van der Waals surface area (Å²) in [5.74, 6) is 0.121. The minimum absolute atomic E-state index is 0.0284. The summed E-state index contributed by atoms with van der Waals surface area (Å²) in [6.07, 6.45) is 5.44. The van der Waals surface area contributed by atoms with Crippen LogP contribution in [0, 0.1) is 0 Å². The molecule has 0 aromatic carbocycles. The van der Waals surface area contributed by atoms with Gasteiger partial charge in [-0.1, -0.05) is 12.1 Å². The molecule has 0 radical (unpaired) electrons. The molecule has 0 N–H and O–H groups in total. The molecule has 2 aromatic rings. The van der Waals surface area contributed by atoms with E-state index in [-0.39, 0.29) is 24.2 Å². The maximum absolute atomic E-state index is 12.7. The van der Waals surface area contributed by atoms with Crippen molar-refractivity contribution in [1.29, 1.82) is 0 Å². The first kappa shape index (κ1) is 15.7. The van der Waals surface area contributed by atoms with E-state index in [9.17, 15) is 4.79 Å². The van der Waals surface area contributed by atoms with Gasteiger partial charge >= 0.3 is 0 Å². The van der Waals surface area contributed by atoms with Crippen molar-refractivity contribution in [3.05, 3.63) is 52.5 Å². The van der Waals surface area contributed by atoms with Gasteiger partial charge in [0.25, 0.3) is 5.91 Å². The molecule has 1 aliphatic heterocycles. The number of hydrogen-bond acceptors (Lipinski definition) is 5. The second kappa shape index (κ2) is 7.01. The van der Waals surface area contributed by atoms with Gasteiger partial charge in [0.2, 0.25) is 0 Å². The van der Waals surface area contributed by atoms with Crippen LogP contribution in [0.15, 0.2) is 42.0 Å². The predicted octanol–water partition coefficient (Wildman–Crippen LogP) is 2.73. The number of carbonyl (C=O) groups is 1. The van der Waals surface area contributed by atoms with Gasteiger partial charge in [0.05, 0.1) is 30.2 Å². The van der Waals surface area contributed by atoms with Crippen LogP contribution >= 0.6 is 11.3 Å². The molecule has 5 nitrogen and oxygen atoms in total. The quantitative estimate of drug-likeness (QED) is 0.856. The fourth-order valence-corrected chi connectivity index (χ4v) is 4.25. The molecular weight excluding hydrogens is 324 g/mol. The lowest BCUT2D eigenvalue weighted by atomic mass is 10.1. The standard InChI is InChI=1S/C18H20N2O3S/c21-18(16-4-2-10-24-16)20-8-9-22-17-14(20)5-6-15(17)23-12-13-3-1-7-19-11-13/h1-4,7,10-11,14-15,17H,5-6,8-9,12H2/t14-,15-,17-/m0/s1. The van der Waals surface area contributed by atoms with Gasteiger partial charge in [-0.2, -0.15) is 0 Å². The number of amides is 1. The number of pyridine rings is 1. The summed E-state index contributed by atoms with van der Waals surface area (Å²) in [4.78, 5) is 19.6. The molecule has 2 aliphatic rings. The molecule has 1 saturated carbocycles. The second-order valence-corrected chi connectivity index (χ2v) is 7.11. The van der Waals surface area contributed by atoms with E-state index < -0.39 is 0 Å². The Kier molecular flexibility index (Phi) is 4.60. The SMILES string of the molecule is O=C(c1cccs1)N1CCO[C@@H]2[C@@H](OCc3cccnc3)CC[C@@H]21. The molecule has 3 heterocycles. The zero-order valence-corrected chi connectivity index (χ0v) is 14.2. The van der Waals surface area contributed by atoms with Gasteiger partial charge in [0.1, 0.15) is 6.10 Å². The summed E-state index contributed by atoms with van der Waals surface area (Å²) >= 11 is 1.50. The van der Waals surface area contributed by atoms with Gasteiger partial charge in [-0.15, -0.1) is 11.3 Å². The zero-order valence-electron chi connectivity index (χ0n) is 13.3. The Morgan fingerprint density at radius 3 is 3.12 bits per heavy atom. The Balaban J connectivity index is 1.42. The Labute approximate surface area is 145 Å². The van der Waals surface area contributed by atoms with E-state index in [4.69, 9.17) is 9.47 Å². The second-order valence-electron chi connectivity index (χ2n) is 6.17. The maximum Gasteiger partial charge on any atom is 0.264 e. The maximum atomic E-state index is 12.7. The summed E-state index contributed by atoms with van der Waals surface area (Å²) in [6, 6.07) is 7.85. The normalized spacial score (nSPS) is 26.3. The fourth-order valence-electron chi connectivity index (χ4n) is 3.57. The Bertz CT molecular complexity index is 677. The van der Waals surface area contributed by atoms with Crippen LogP contribution in [0.5, 0.6) is 0 Å². The third-order valence-electron chi connectivity index (χ3n) is 4.72. The van der Waals surface area contributed by atoms with E-state index in [1.807, 2.05) is 40.7 Å². The van der Waals surface area contributed by atoms with Crippen molar-refractivity contribution in [2.75, 3.05) is 13.2 Å². The molecule has 1 saturated heterocycles. The smallest absolute Gasteiger partial charge is 0.264 e. The van der Waals surface area contributed by atoms with Crippen LogP contribution in [0.4, 0.5) is 0 Å². The predicted molar refractivity (Wildman–Crippen MR) is 90.9 cm³/mol. The van der Waals surface area contributed by atoms with Crippen molar-refractivity contribution < 1.29 is 14.3 Å². The first-order chi connectivity index (χ1) is 11.8. The molecular formula is C18H20N2O3S. The average Bonchev–Trinajstić information content (AvgIpc) is 3.30. The van der Waals surface area contributed by atoms with E-state index in [2.05, 4.69) is 4.98 Å². The van der Waals surface area contributed by atoms with Crippen LogP contribution in [-0.4, -0.2) is 47.2 Å². The van der Waals surface area contributed by atoms with Gasteiger partial charge in [-0.05, 0) is 35.9 Å². The van der Waals surface area contributed by atoms with E-state index in [1.54, 1.807) is 6.20 Å². The highest BCUT2D eigenvalue weighted by molar-refractivity contribution is 7.12. The third-order valence-corrected chi connectivity index (χ3v) is 5.57. The topological polar surface area (TPSA) is 51.7 Å². The van der Waals surface area contributed by atoms with Crippen LogP contribution in [0.1, 0.15) is 28.1 Å². The number of thiophene rings is 1. The highest BCUT2D eigenvalue weighted by Crippen LogP contribution is 2.33. The number of morpholine rings is 1. The third kappa shape index (κ3) is 3.09. The van der Waals surface area contributed by atoms with Crippen molar-refractivity contribution in [3.63, 3.8) is 0 Å². The Morgan fingerprint density at radius 2 is 2.33 bits per heavy atom. The monoisotopic (exact) mass is 344 g/mol. The molecule has 126 valence electrons. The molecule has 4 rings (SSSR count). The number of fused-ring (bicyclic) bond motifs is 1. The lowest BCUT2D eigenvalue weighted by Gasteiger charge is -2.38. The van der Waals surface area contributed by atoms with Crippen molar-refractivity contribution in [3.8, 4) is 0 Å². The fraction of sp³-hybridized carbons (Fsp3) is 0.444. The van der Waals surface area contributed by atoms with Gasteiger partial charge in [-0.3, -0.25) is 9.78 Å². The van der Waals surface area contributed by atoms with Gasteiger partial charge < -0.3 is 14.4 Å². The number of carbonyl (C=O) groups excluding carboxylic acids is 1. The highest BCUT2D eigenvalue weighted by atomic mass is 32.1. The van der Waals surface area contributed by atoms with Gasteiger partial charge in [-0.25, -0.2) is 0 Å². The number of nitrogens with zero attached hydrogens (tertiary/aromatic N) is 2. The van der Waals surface area contributed by atoms with Crippen LogP contribution < -0.4 is 0 Å². The number of hydrogen-bond donors (Lipinski definition) is 0. The molecule has 2 fully saturated rings. The van der Waals surface area contributed by atoms with Crippen LogP contribution in [0.2, 0.25) is 0 Å². The minimum Gasteiger partial charge on any atom is -0.372 e. The van der Waals surface area contributed by atoms with E-state index in [0.29, 0.717) is 19.8 Å². The Hall–Kier alpha value is -1.76. The average molecular weight is 344 g/mol. The summed E-state index contributed by atoms with van der Waals surface area (Å²) in [7, 11) is 0. The molecule has 24 heavy (non-hydrogen) atoms. The highest BCUT2D eigenvalue weighted by Gasteiger charge is 2.45. The first-order valence-electron chi connectivity index (χ1n) is 8.29. The molecule has 0 bridgehead atoms. The molecule has 3 atom stereocenters. The van der Waals surface area contributed by atoms with Crippen molar-refractivity contribution in [2.24, 2.45) is 0 Å². The zero-order chi connectivity index (χ0) is 16.4. The van der Waals surface area contributed by atoms with Gasteiger partial charge in [0, 0.05) is 18.9 Å². The number of ether oxygens (including phenoxy) is 2. The van der Waals surface area contributed by atoms with Crippen LogP contribution in [-0.2, 0) is 16.1 Å². The largest absolute Gasteiger partial charge is 0.372 e. The van der Waals surface area contributed by atoms with Crippen LogP contribution in [0.3, 0.4) is 0 Å². The number of rotatable bonds is 4. The number of aromatic nitrogens is 1. The molecule has 1 amide bonds. The Morgan fingerprint density at radius 1 is 1.38 bits per heavy atom. The molecule has 6 heteroatoms. The lowest BCUT2D eigenvalue weighted by Crippen LogP contribution is -2.53. The van der Waals surface area contributed by atoms with Crippen molar-refractivity contribution in [2.45, 2.75) is 37.7 Å². The molecule has 0 unspecified atom stereocenters. The molecule has 2 aromatic heterocycles. The van der Waals surface area contributed by atoms with Crippen molar-refractivity contribution in [1.82, 2.24) is 9.88 Å². The first-order valence-corrected chi connectivity index (χ1v) is 9.17. The summed E-state index contributed by atoms with van der Waals surface area (Å²) < 4.78 is 12.0. The summed E-state index contributed by atoms with van der Waals surface area (Å²) in [5.41, 5.74) is 1.06. The molecule has 1 aliphatic carbocycles. The van der Waals surface area contributed by atoms with Crippen molar-refractivity contribution >= 4 is 17.2 Å². The van der Waals surface area contributed by atoms with E-state index in [1.165, 1.54) is 11.3 Å². The lowest BCUT2D eigenvalue weighted by molar-refractivity contribution is -0.108. The molecule has 0 spiro atoms. The van der Waals surface area contributed by atoms with Crippen LogP contribution in [0.25, 0.3) is 0 Å². The minimum atomic E-state index is -0.0284.